The monoisotopic (exact) mass is 355 g/mol. The number of benzene rings is 2. The van der Waals surface area contributed by atoms with E-state index in [0.717, 1.165) is 6.42 Å². The van der Waals surface area contributed by atoms with E-state index < -0.39 is 0 Å². The molecule has 0 bridgehead atoms. The Kier molecular flexibility index (Phi) is 7.42. The fourth-order valence-electron chi connectivity index (χ4n) is 2.54. The third-order valence-electron chi connectivity index (χ3n) is 3.95. The lowest BCUT2D eigenvalue weighted by Gasteiger charge is -2.21. The number of hydrogen-bond donors (Lipinski definition) is 0. The number of hydrogen-bond acceptors (Lipinski definition) is 2. The largest absolute Gasteiger partial charge is 0.339 e. The maximum absolute atomic E-state index is 12.4. The molecule has 0 saturated carbocycles. The lowest BCUT2D eigenvalue weighted by molar-refractivity contribution is -0.130. The fourth-order valence-corrected chi connectivity index (χ4v) is 2.67. The SMILES string of the molecule is C=CCN(CCc1ccccc1)C(=O)CCC(=O)c1ccc(Cl)cc1. The van der Waals surface area contributed by atoms with Crippen LogP contribution < -0.4 is 0 Å². The molecule has 0 spiro atoms. The quantitative estimate of drug-likeness (QED) is 0.488. The van der Waals surface area contributed by atoms with Crippen LogP contribution in [0.4, 0.5) is 0 Å². The molecular weight excluding hydrogens is 334 g/mol. The summed E-state index contributed by atoms with van der Waals surface area (Å²) in [5.74, 6) is -0.0789. The van der Waals surface area contributed by atoms with Crippen molar-refractivity contribution >= 4 is 23.3 Å². The Morgan fingerprint density at radius 2 is 1.68 bits per heavy atom. The number of halogens is 1. The molecule has 0 radical (unpaired) electrons. The zero-order valence-corrected chi connectivity index (χ0v) is 14.9. The van der Waals surface area contributed by atoms with Gasteiger partial charge in [-0.05, 0) is 36.2 Å². The van der Waals surface area contributed by atoms with Gasteiger partial charge in [-0.15, -0.1) is 6.58 Å². The Bertz CT molecular complexity index is 710. The van der Waals surface area contributed by atoms with Crippen molar-refractivity contribution in [1.82, 2.24) is 4.90 Å². The first kappa shape index (κ1) is 18.9. The summed E-state index contributed by atoms with van der Waals surface area (Å²) in [7, 11) is 0. The average molecular weight is 356 g/mol. The van der Waals surface area contributed by atoms with E-state index in [0.29, 0.717) is 23.7 Å². The summed E-state index contributed by atoms with van der Waals surface area (Å²) in [5.41, 5.74) is 1.76. The molecule has 2 aromatic carbocycles. The van der Waals surface area contributed by atoms with Gasteiger partial charge in [-0.3, -0.25) is 9.59 Å². The van der Waals surface area contributed by atoms with Crippen molar-refractivity contribution in [3.63, 3.8) is 0 Å². The van der Waals surface area contributed by atoms with Crippen molar-refractivity contribution in [2.24, 2.45) is 0 Å². The number of rotatable bonds is 9. The first-order valence-electron chi connectivity index (χ1n) is 8.31. The smallest absolute Gasteiger partial charge is 0.223 e. The van der Waals surface area contributed by atoms with Gasteiger partial charge in [-0.2, -0.15) is 0 Å². The highest BCUT2D eigenvalue weighted by Crippen LogP contribution is 2.12. The van der Waals surface area contributed by atoms with Gasteiger partial charge < -0.3 is 4.90 Å². The van der Waals surface area contributed by atoms with Crippen molar-refractivity contribution in [2.75, 3.05) is 13.1 Å². The average Bonchev–Trinajstić information content (AvgIpc) is 2.64. The Labute approximate surface area is 153 Å². The van der Waals surface area contributed by atoms with Crippen molar-refractivity contribution in [2.45, 2.75) is 19.3 Å². The summed E-state index contributed by atoms with van der Waals surface area (Å²) in [6.45, 7) is 4.82. The molecule has 1 amide bonds. The molecular formula is C21H22ClNO2. The Balaban J connectivity index is 1.87. The van der Waals surface area contributed by atoms with Crippen LogP contribution in [0.25, 0.3) is 0 Å². The molecule has 3 nitrogen and oxygen atoms in total. The zero-order chi connectivity index (χ0) is 18.1. The lowest BCUT2D eigenvalue weighted by Crippen LogP contribution is -2.33. The van der Waals surface area contributed by atoms with Crippen molar-refractivity contribution in [3.05, 3.63) is 83.4 Å². The molecule has 2 rings (SSSR count). The number of Topliss-reactive ketones (excluding diaryl/α,β-unsaturated/α-hetero) is 1. The minimum atomic E-state index is -0.0494. The topological polar surface area (TPSA) is 37.4 Å². The highest BCUT2D eigenvalue weighted by Gasteiger charge is 2.15. The highest BCUT2D eigenvalue weighted by atomic mass is 35.5. The molecule has 0 saturated heterocycles. The minimum Gasteiger partial charge on any atom is -0.339 e. The summed E-state index contributed by atoms with van der Waals surface area (Å²) in [5, 5.41) is 0.589. The van der Waals surface area contributed by atoms with Crippen LogP contribution in [-0.4, -0.2) is 29.7 Å². The minimum absolute atomic E-state index is 0.0295. The van der Waals surface area contributed by atoms with Gasteiger partial charge in [0.15, 0.2) is 5.78 Å². The number of carbonyl (C=O) groups excluding carboxylic acids is 2. The van der Waals surface area contributed by atoms with E-state index in [4.69, 9.17) is 11.6 Å². The number of nitrogens with zero attached hydrogens (tertiary/aromatic N) is 1. The maximum atomic E-state index is 12.4. The molecule has 4 heteroatoms. The summed E-state index contributed by atoms with van der Waals surface area (Å²) in [4.78, 5) is 26.4. The van der Waals surface area contributed by atoms with Crippen LogP contribution in [0.15, 0.2) is 67.3 Å². The summed E-state index contributed by atoms with van der Waals surface area (Å²) in [6, 6.07) is 16.8. The summed E-state index contributed by atoms with van der Waals surface area (Å²) in [6.07, 6.45) is 2.89. The first-order chi connectivity index (χ1) is 12.1. The third-order valence-corrected chi connectivity index (χ3v) is 4.20. The number of amides is 1. The van der Waals surface area contributed by atoms with Crippen LogP contribution in [0, 0.1) is 0 Å². The fraction of sp³-hybridized carbons (Fsp3) is 0.238. The van der Waals surface area contributed by atoms with Gasteiger partial charge in [-0.25, -0.2) is 0 Å². The Hall–Kier alpha value is -2.39. The Morgan fingerprint density at radius 1 is 1.00 bits per heavy atom. The molecule has 0 atom stereocenters. The van der Waals surface area contributed by atoms with E-state index in [2.05, 4.69) is 6.58 Å². The van der Waals surface area contributed by atoms with E-state index in [1.165, 1.54) is 5.56 Å². The number of ketones is 1. The molecule has 0 unspecified atom stereocenters. The molecule has 25 heavy (non-hydrogen) atoms. The lowest BCUT2D eigenvalue weighted by atomic mass is 10.1. The van der Waals surface area contributed by atoms with Crippen molar-refractivity contribution in [1.29, 1.82) is 0 Å². The van der Waals surface area contributed by atoms with E-state index in [9.17, 15) is 9.59 Å². The van der Waals surface area contributed by atoms with Crippen LogP contribution in [-0.2, 0) is 11.2 Å². The second kappa shape index (κ2) is 9.80. The summed E-state index contributed by atoms with van der Waals surface area (Å²) >= 11 is 5.82. The van der Waals surface area contributed by atoms with E-state index in [-0.39, 0.29) is 24.5 Å². The standard InChI is InChI=1S/C21H22ClNO2/c1-2-15-23(16-14-17-6-4-3-5-7-17)21(25)13-12-20(24)18-8-10-19(22)11-9-18/h2-11H,1,12-16H2. The van der Waals surface area contributed by atoms with Crippen LogP contribution in [0.2, 0.25) is 5.02 Å². The van der Waals surface area contributed by atoms with Crippen LogP contribution >= 0.6 is 11.6 Å². The van der Waals surface area contributed by atoms with Crippen molar-refractivity contribution in [3.8, 4) is 0 Å². The number of carbonyl (C=O) groups is 2. The molecule has 0 aliphatic carbocycles. The van der Waals surface area contributed by atoms with Gasteiger partial charge in [0.1, 0.15) is 0 Å². The third kappa shape index (κ3) is 6.20. The normalized spacial score (nSPS) is 10.3. The van der Waals surface area contributed by atoms with Crippen LogP contribution in [0.1, 0.15) is 28.8 Å². The molecule has 0 N–H and O–H groups in total. The van der Waals surface area contributed by atoms with E-state index in [1.807, 2.05) is 30.3 Å². The molecule has 2 aromatic rings. The molecule has 0 heterocycles. The second-order valence-electron chi connectivity index (χ2n) is 5.79. The van der Waals surface area contributed by atoms with E-state index >= 15 is 0 Å². The second-order valence-corrected chi connectivity index (χ2v) is 6.23. The predicted octanol–water partition coefficient (Wildman–Crippen LogP) is 4.56. The zero-order valence-electron chi connectivity index (χ0n) is 14.2. The van der Waals surface area contributed by atoms with Crippen LogP contribution in [0.3, 0.4) is 0 Å². The van der Waals surface area contributed by atoms with Gasteiger partial charge in [0.05, 0.1) is 0 Å². The van der Waals surface area contributed by atoms with Gasteiger partial charge >= 0.3 is 0 Å². The maximum Gasteiger partial charge on any atom is 0.223 e. The van der Waals surface area contributed by atoms with Gasteiger partial charge in [0.25, 0.3) is 0 Å². The predicted molar refractivity (Wildman–Crippen MR) is 102 cm³/mol. The highest BCUT2D eigenvalue weighted by molar-refractivity contribution is 6.30. The van der Waals surface area contributed by atoms with Gasteiger partial charge in [0, 0.05) is 36.5 Å². The molecule has 0 aliphatic heterocycles. The summed E-state index contributed by atoms with van der Waals surface area (Å²) < 4.78 is 0. The van der Waals surface area contributed by atoms with Gasteiger partial charge in [0.2, 0.25) is 5.91 Å². The van der Waals surface area contributed by atoms with Crippen LogP contribution in [0.5, 0.6) is 0 Å². The molecule has 130 valence electrons. The Morgan fingerprint density at radius 3 is 2.32 bits per heavy atom. The first-order valence-corrected chi connectivity index (χ1v) is 8.69. The van der Waals surface area contributed by atoms with Crippen molar-refractivity contribution < 1.29 is 9.59 Å². The molecule has 0 aliphatic rings. The van der Waals surface area contributed by atoms with Gasteiger partial charge in [-0.1, -0.05) is 48.0 Å². The van der Waals surface area contributed by atoms with E-state index in [1.54, 1.807) is 35.2 Å². The molecule has 0 fully saturated rings. The molecule has 0 aromatic heterocycles.